The lowest BCUT2D eigenvalue weighted by atomic mass is 9.82. The van der Waals surface area contributed by atoms with E-state index in [-0.39, 0.29) is 11.7 Å². The van der Waals surface area contributed by atoms with Crippen molar-refractivity contribution < 1.29 is 14.3 Å². The van der Waals surface area contributed by atoms with Crippen molar-refractivity contribution in [3.8, 4) is 0 Å². The molecule has 2 atom stereocenters. The summed E-state index contributed by atoms with van der Waals surface area (Å²) >= 11 is 0. The summed E-state index contributed by atoms with van der Waals surface area (Å²) in [5.74, 6) is -1.33. The van der Waals surface area contributed by atoms with Gasteiger partial charge in [-0.05, 0) is 43.9 Å². The van der Waals surface area contributed by atoms with Gasteiger partial charge in [-0.25, -0.2) is 0 Å². The first-order valence-electron chi connectivity index (χ1n) is 7.26. The van der Waals surface area contributed by atoms with E-state index < -0.39 is 11.9 Å². The van der Waals surface area contributed by atoms with Crippen LogP contribution in [0.25, 0.3) is 0 Å². The molecule has 112 valence electrons. The Hall–Kier alpha value is -2.10. The van der Waals surface area contributed by atoms with E-state index in [1.165, 1.54) is 6.08 Å². The predicted octanol–water partition coefficient (Wildman–Crippen LogP) is 3.08. The number of hydrogen-bond acceptors (Lipinski definition) is 4. The molecule has 2 rings (SSSR count). The molecule has 0 fully saturated rings. The lowest BCUT2D eigenvalue weighted by Gasteiger charge is -2.26. The van der Waals surface area contributed by atoms with Gasteiger partial charge in [0.1, 0.15) is 5.92 Å². The molecule has 0 amide bonds. The summed E-state index contributed by atoms with van der Waals surface area (Å²) in [6, 6.07) is 7.96. The Kier molecular flexibility index (Phi) is 4.78. The zero-order valence-electron chi connectivity index (χ0n) is 12.7. The molecule has 1 aromatic rings. The van der Waals surface area contributed by atoms with Crippen LogP contribution in [0.4, 0.5) is 5.69 Å². The van der Waals surface area contributed by atoms with Crippen molar-refractivity contribution >= 4 is 17.4 Å². The van der Waals surface area contributed by atoms with E-state index in [0.29, 0.717) is 13.0 Å². The van der Waals surface area contributed by atoms with E-state index in [9.17, 15) is 9.59 Å². The van der Waals surface area contributed by atoms with Crippen molar-refractivity contribution in [2.24, 2.45) is 11.8 Å². The second-order valence-electron chi connectivity index (χ2n) is 5.48. The fourth-order valence-electron chi connectivity index (χ4n) is 2.64. The zero-order chi connectivity index (χ0) is 15.4. The molecule has 0 radical (unpaired) electrons. The third-order valence-electron chi connectivity index (χ3n) is 3.60. The van der Waals surface area contributed by atoms with Crippen LogP contribution in [0.5, 0.6) is 0 Å². The lowest BCUT2D eigenvalue weighted by molar-refractivity contribution is -0.152. The highest BCUT2D eigenvalue weighted by Gasteiger charge is 2.36. The first kappa shape index (κ1) is 15.3. The molecular weight excluding hydrogens is 266 g/mol. The van der Waals surface area contributed by atoms with Gasteiger partial charge in [0.15, 0.2) is 5.78 Å². The van der Waals surface area contributed by atoms with E-state index in [2.05, 4.69) is 5.32 Å². The molecule has 0 heterocycles. The molecule has 4 heteroatoms. The molecule has 21 heavy (non-hydrogen) atoms. The van der Waals surface area contributed by atoms with Crippen molar-refractivity contribution in [1.29, 1.82) is 0 Å². The molecule has 4 nitrogen and oxygen atoms in total. The molecular formula is C17H21NO3. The quantitative estimate of drug-likeness (QED) is 0.683. The summed E-state index contributed by atoms with van der Waals surface area (Å²) in [5.41, 5.74) is 2.95. The van der Waals surface area contributed by atoms with Crippen LogP contribution in [-0.4, -0.2) is 18.4 Å². The normalized spacial score (nSPS) is 21.7. The van der Waals surface area contributed by atoms with Crippen LogP contribution >= 0.6 is 0 Å². The predicted molar refractivity (Wildman–Crippen MR) is 81.8 cm³/mol. The van der Waals surface area contributed by atoms with Crippen LogP contribution in [-0.2, 0) is 14.3 Å². The number of rotatable bonds is 4. The fourth-order valence-corrected chi connectivity index (χ4v) is 2.64. The van der Waals surface area contributed by atoms with Crippen LogP contribution in [0.3, 0.4) is 0 Å². The van der Waals surface area contributed by atoms with Gasteiger partial charge in [0.05, 0.1) is 6.61 Å². The second kappa shape index (κ2) is 6.57. The molecule has 1 aliphatic carbocycles. The topological polar surface area (TPSA) is 55.4 Å². The maximum Gasteiger partial charge on any atom is 0.317 e. The smallest absolute Gasteiger partial charge is 0.317 e. The average Bonchev–Trinajstić information content (AvgIpc) is 2.38. The monoisotopic (exact) mass is 287 g/mol. The number of nitrogens with one attached hydrogen (secondary N) is 1. The van der Waals surface area contributed by atoms with Crippen molar-refractivity contribution in [2.75, 3.05) is 11.9 Å². The zero-order valence-corrected chi connectivity index (χ0v) is 12.7. The first-order valence-corrected chi connectivity index (χ1v) is 7.26. The van der Waals surface area contributed by atoms with Crippen LogP contribution in [0, 0.1) is 18.8 Å². The fraction of sp³-hybridized carbons (Fsp3) is 0.412. The van der Waals surface area contributed by atoms with Crippen molar-refractivity contribution in [2.45, 2.75) is 27.2 Å². The van der Waals surface area contributed by atoms with Gasteiger partial charge in [-0.2, -0.15) is 0 Å². The summed E-state index contributed by atoms with van der Waals surface area (Å²) < 4.78 is 4.98. The van der Waals surface area contributed by atoms with Gasteiger partial charge in [0.25, 0.3) is 0 Å². The first-order chi connectivity index (χ1) is 10.0. The van der Waals surface area contributed by atoms with Gasteiger partial charge < -0.3 is 10.1 Å². The van der Waals surface area contributed by atoms with E-state index >= 15 is 0 Å². The highest BCUT2D eigenvalue weighted by atomic mass is 16.5. The largest absolute Gasteiger partial charge is 0.465 e. The Morgan fingerprint density at radius 1 is 1.43 bits per heavy atom. The molecule has 0 unspecified atom stereocenters. The van der Waals surface area contributed by atoms with Crippen LogP contribution in [0.2, 0.25) is 0 Å². The van der Waals surface area contributed by atoms with Gasteiger partial charge in [-0.1, -0.05) is 19.1 Å². The van der Waals surface area contributed by atoms with Gasteiger partial charge in [-0.15, -0.1) is 0 Å². The van der Waals surface area contributed by atoms with Gasteiger partial charge in [0, 0.05) is 17.5 Å². The summed E-state index contributed by atoms with van der Waals surface area (Å²) in [6.07, 6.45) is 2.19. The minimum atomic E-state index is -0.673. The molecule has 0 aliphatic heterocycles. The summed E-state index contributed by atoms with van der Waals surface area (Å²) in [6.45, 7) is 5.97. The van der Waals surface area contributed by atoms with Crippen LogP contribution < -0.4 is 5.32 Å². The van der Waals surface area contributed by atoms with Gasteiger partial charge in [-0.3, -0.25) is 9.59 Å². The molecule has 0 spiro atoms. The summed E-state index contributed by atoms with van der Waals surface area (Å²) in [4.78, 5) is 24.0. The van der Waals surface area contributed by atoms with Crippen molar-refractivity contribution in [3.63, 3.8) is 0 Å². The number of carbonyl (C=O) groups is 2. The molecule has 0 aromatic heterocycles. The maximum absolute atomic E-state index is 12.2. The Morgan fingerprint density at radius 2 is 2.19 bits per heavy atom. The van der Waals surface area contributed by atoms with E-state index in [1.54, 1.807) is 6.92 Å². The highest BCUT2D eigenvalue weighted by Crippen LogP contribution is 2.29. The number of benzene rings is 1. The Balaban J connectivity index is 2.12. The third kappa shape index (κ3) is 3.72. The number of ketones is 1. The Bertz CT molecular complexity index is 577. The van der Waals surface area contributed by atoms with Gasteiger partial charge >= 0.3 is 5.97 Å². The number of aryl methyl sites for hydroxylation is 1. The average molecular weight is 287 g/mol. The molecule has 1 aliphatic rings. The number of carbonyl (C=O) groups excluding carboxylic acids is 2. The standard InChI is InChI=1S/C17H21NO3/c1-4-21-17(20)16-12(3)9-14(10-15(16)19)18-13-7-5-6-11(2)8-13/h5-8,10,12,16,18H,4,9H2,1-3H3/t12-,16+/m1/s1. The Labute approximate surface area is 125 Å². The van der Waals surface area contributed by atoms with Gasteiger partial charge in [0.2, 0.25) is 0 Å². The Morgan fingerprint density at radius 3 is 2.81 bits per heavy atom. The number of hydrogen-bond donors (Lipinski definition) is 1. The minimum absolute atomic E-state index is 0.0612. The van der Waals surface area contributed by atoms with Crippen LogP contribution in [0.15, 0.2) is 36.0 Å². The number of anilines is 1. The molecule has 1 N–H and O–H groups in total. The summed E-state index contributed by atoms with van der Waals surface area (Å²) in [7, 11) is 0. The third-order valence-corrected chi connectivity index (χ3v) is 3.60. The van der Waals surface area contributed by atoms with Crippen LogP contribution in [0.1, 0.15) is 25.8 Å². The highest BCUT2D eigenvalue weighted by molar-refractivity contribution is 6.06. The van der Waals surface area contributed by atoms with Crippen molar-refractivity contribution in [3.05, 3.63) is 41.6 Å². The SMILES string of the molecule is CCOC(=O)[C@@H]1C(=O)C=C(Nc2cccc(C)c2)C[C@H]1C. The molecule has 0 saturated heterocycles. The number of esters is 1. The number of allylic oxidation sites excluding steroid dienone is 2. The second-order valence-corrected chi connectivity index (χ2v) is 5.48. The lowest BCUT2D eigenvalue weighted by Crippen LogP contribution is -2.34. The summed E-state index contributed by atoms with van der Waals surface area (Å²) in [5, 5.41) is 3.26. The molecule has 0 saturated carbocycles. The van der Waals surface area contributed by atoms with E-state index in [1.807, 2.05) is 38.1 Å². The molecule has 1 aromatic carbocycles. The maximum atomic E-state index is 12.2. The van der Waals surface area contributed by atoms with Crippen molar-refractivity contribution in [1.82, 2.24) is 0 Å². The van der Waals surface area contributed by atoms with E-state index in [0.717, 1.165) is 16.9 Å². The molecule has 0 bridgehead atoms. The number of ether oxygens (including phenoxy) is 1. The van der Waals surface area contributed by atoms with E-state index in [4.69, 9.17) is 4.74 Å². The minimum Gasteiger partial charge on any atom is -0.465 e.